The number of benzene rings is 2. The number of hydrogen-bond donors (Lipinski definition) is 0. The molecule has 0 bridgehead atoms. The molecule has 0 spiro atoms. The largest absolute Gasteiger partial charge is 0.378 e. The zero-order valence-corrected chi connectivity index (χ0v) is 17.9. The maximum atomic E-state index is 11.8. The normalized spacial score (nSPS) is 14.8. The second-order valence-electron chi connectivity index (χ2n) is 7.57. The predicted molar refractivity (Wildman–Crippen MR) is 120 cm³/mol. The molecule has 8 heteroatoms. The summed E-state index contributed by atoms with van der Waals surface area (Å²) in [6.45, 7) is 3.21. The number of ether oxygens (including phenoxy) is 1. The van der Waals surface area contributed by atoms with Crippen LogP contribution in [-0.2, 0) is 14.6 Å². The fourth-order valence-electron chi connectivity index (χ4n) is 3.80. The summed E-state index contributed by atoms with van der Waals surface area (Å²) in [5.74, 6) is 0.648. The van der Waals surface area contributed by atoms with Gasteiger partial charge in [-0.2, -0.15) is 0 Å². The second-order valence-corrected chi connectivity index (χ2v) is 9.59. The average molecular weight is 435 g/mol. The molecule has 158 valence electrons. The van der Waals surface area contributed by atoms with Gasteiger partial charge in [0.2, 0.25) is 0 Å². The van der Waals surface area contributed by atoms with Crippen LogP contribution in [0, 0.1) is 0 Å². The van der Waals surface area contributed by atoms with Crippen LogP contribution in [0.15, 0.2) is 71.8 Å². The molecule has 5 rings (SSSR count). The molecule has 2 aromatic heterocycles. The van der Waals surface area contributed by atoms with Crippen molar-refractivity contribution in [2.24, 2.45) is 0 Å². The molecule has 0 N–H and O–H groups in total. The third kappa shape index (κ3) is 3.92. The first-order valence-corrected chi connectivity index (χ1v) is 12.0. The van der Waals surface area contributed by atoms with Crippen molar-refractivity contribution in [3.05, 3.63) is 66.9 Å². The predicted octanol–water partition coefficient (Wildman–Crippen LogP) is 3.30. The van der Waals surface area contributed by atoms with E-state index in [1.807, 2.05) is 30.5 Å². The number of sulfone groups is 1. The van der Waals surface area contributed by atoms with Gasteiger partial charge >= 0.3 is 0 Å². The van der Waals surface area contributed by atoms with Crippen LogP contribution in [0.5, 0.6) is 0 Å². The summed E-state index contributed by atoms with van der Waals surface area (Å²) in [6, 6.07) is 19.0. The van der Waals surface area contributed by atoms with Crippen LogP contribution >= 0.6 is 0 Å². The third-order valence-corrected chi connectivity index (χ3v) is 6.56. The Morgan fingerprint density at radius 1 is 0.935 bits per heavy atom. The van der Waals surface area contributed by atoms with E-state index in [1.54, 1.807) is 28.8 Å². The van der Waals surface area contributed by atoms with Gasteiger partial charge in [-0.3, -0.25) is 0 Å². The summed E-state index contributed by atoms with van der Waals surface area (Å²) >= 11 is 0. The van der Waals surface area contributed by atoms with E-state index in [9.17, 15) is 8.42 Å². The van der Waals surface area contributed by atoms with Gasteiger partial charge in [0.05, 0.1) is 18.1 Å². The minimum atomic E-state index is -3.23. The molecule has 31 heavy (non-hydrogen) atoms. The molecule has 1 fully saturated rings. The van der Waals surface area contributed by atoms with Gasteiger partial charge in [0.15, 0.2) is 21.3 Å². The van der Waals surface area contributed by atoms with E-state index in [0.717, 1.165) is 54.3 Å². The van der Waals surface area contributed by atoms with Crippen molar-refractivity contribution >= 4 is 21.2 Å². The standard InChI is InChI=1S/C23H22N4O3S/c1-31(28,29)20-9-7-17(8-10-20)21-6-3-11-27-23(21)24-22(25-27)18-4-2-5-19(16-18)26-12-14-30-15-13-26/h2-11,16H,12-15H2,1H3. The van der Waals surface area contributed by atoms with Gasteiger partial charge in [0.1, 0.15) is 0 Å². The SMILES string of the molecule is CS(=O)(=O)c1ccc(-c2cccn3nc(-c4cccc(N5CCOCC5)c4)nc23)cc1. The minimum Gasteiger partial charge on any atom is -0.378 e. The Morgan fingerprint density at radius 3 is 2.45 bits per heavy atom. The molecule has 1 aliphatic heterocycles. The Labute approximate surface area is 180 Å². The number of fused-ring (bicyclic) bond motifs is 1. The number of anilines is 1. The van der Waals surface area contributed by atoms with Crippen LogP contribution < -0.4 is 4.90 Å². The lowest BCUT2D eigenvalue weighted by Crippen LogP contribution is -2.36. The van der Waals surface area contributed by atoms with Crippen LogP contribution in [-0.4, -0.2) is 55.6 Å². The molecule has 0 unspecified atom stereocenters. The summed E-state index contributed by atoms with van der Waals surface area (Å²) in [5.41, 5.74) is 4.59. The van der Waals surface area contributed by atoms with E-state index in [2.05, 4.69) is 22.1 Å². The van der Waals surface area contributed by atoms with Gasteiger partial charge in [-0.05, 0) is 42.0 Å². The van der Waals surface area contributed by atoms with Gasteiger partial charge in [0, 0.05) is 42.4 Å². The highest BCUT2D eigenvalue weighted by atomic mass is 32.2. The Balaban J connectivity index is 1.53. The summed E-state index contributed by atoms with van der Waals surface area (Å²) in [6.07, 6.45) is 3.07. The Bertz CT molecular complexity index is 1340. The zero-order chi connectivity index (χ0) is 21.4. The third-order valence-electron chi connectivity index (χ3n) is 5.44. The molecule has 2 aromatic carbocycles. The Kier molecular flexibility index (Phi) is 4.95. The first kappa shape index (κ1) is 19.7. The van der Waals surface area contributed by atoms with Crippen molar-refractivity contribution in [3.8, 4) is 22.5 Å². The summed E-state index contributed by atoms with van der Waals surface area (Å²) in [5, 5.41) is 4.68. The number of morpholine rings is 1. The second kappa shape index (κ2) is 7.79. The molecule has 1 saturated heterocycles. The van der Waals surface area contributed by atoms with E-state index in [0.29, 0.717) is 10.7 Å². The first-order valence-electron chi connectivity index (χ1n) is 10.1. The molecule has 0 atom stereocenters. The molecule has 0 radical (unpaired) electrons. The van der Waals surface area contributed by atoms with Crippen molar-refractivity contribution in [3.63, 3.8) is 0 Å². The van der Waals surface area contributed by atoms with Gasteiger partial charge in [-0.1, -0.05) is 24.3 Å². The smallest absolute Gasteiger partial charge is 0.182 e. The minimum absolute atomic E-state index is 0.297. The molecule has 4 aromatic rings. The van der Waals surface area contributed by atoms with Crippen LogP contribution in [0.1, 0.15) is 0 Å². The van der Waals surface area contributed by atoms with E-state index >= 15 is 0 Å². The number of nitrogens with zero attached hydrogens (tertiary/aromatic N) is 4. The van der Waals surface area contributed by atoms with Crippen molar-refractivity contribution in [2.75, 3.05) is 37.5 Å². The van der Waals surface area contributed by atoms with E-state index in [1.165, 1.54) is 6.26 Å². The summed E-state index contributed by atoms with van der Waals surface area (Å²) in [7, 11) is -3.23. The van der Waals surface area contributed by atoms with Gasteiger partial charge in [-0.15, -0.1) is 5.10 Å². The molecular weight excluding hydrogens is 412 g/mol. The number of rotatable bonds is 4. The van der Waals surface area contributed by atoms with Gasteiger partial charge in [-0.25, -0.2) is 17.9 Å². The number of aromatic nitrogens is 3. The molecule has 3 heterocycles. The topological polar surface area (TPSA) is 76.8 Å². The highest BCUT2D eigenvalue weighted by Crippen LogP contribution is 2.28. The van der Waals surface area contributed by atoms with Gasteiger partial charge in [0.25, 0.3) is 0 Å². The Morgan fingerprint density at radius 2 is 1.71 bits per heavy atom. The maximum absolute atomic E-state index is 11.8. The van der Waals surface area contributed by atoms with E-state index < -0.39 is 9.84 Å². The molecule has 0 amide bonds. The molecule has 0 aliphatic carbocycles. The number of pyridine rings is 1. The van der Waals surface area contributed by atoms with Crippen molar-refractivity contribution < 1.29 is 13.2 Å². The lowest BCUT2D eigenvalue weighted by Gasteiger charge is -2.29. The van der Waals surface area contributed by atoms with Crippen LogP contribution in [0.3, 0.4) is 0 Å². The van der Waals surface area contributed by atoms with Crippen molar-refractivity contribution in [2.45, 2.75) is 4.90 Å². The number of hydrogen-bond acceptors (Lipinski definition) is 6. The van der Waals surface area contributed by atoms with Crippen LogP contribution in [0.2, 0.25) is 0 Å². The Hall–Kier alpha value is -3.23. The molecule has 0 saturated carbocycles. The van der Waals surface area contributed by atoms with E-state index in [-0.39, 0.29) is 0 Å². The average Bonchev–Trinajstić information content (AvgIpc) is 3.24. The fraction of sp³-hybridized carbons (Fsp3) is 0.217. The quantitative estimate of drug-likeness (QED) is 0.491. The fourth-order valence-corrected chi connectivity index (χ4v) is 4.43. The molecule has 7 nitrogen and oxygen atoms in total. The maximum Gasteiger partial charge on any atom is 0.182 e. The lowest BCUT2D eigenvalue weighted by molar-refractivity contribution is 0.122. The molecular formula is C23H22N4O3S. The van der Waals surface area contributed by atoms with Crippen LogP contribution in [0.4, 0.5) is 5.69 Å². The van der Waals surface area contributed by atoms with Crippen LogP contribution in [0.25, 0.3) is 28.2 Å². The molecule has 1 aliphatic rings. The zero-order valence-electron chi connectivity index (χ0n) is 17.1. The highest BCUT2D eigenvalue weighted by Gasteiger charge is 2.15. The first-order chi connectivity index (χ1) is 15.0. The van der Waals surface area contributed by atoms with Gasteiger partial charge < -0.3 is 9.64 Å². The van der Waals surface area contributed by atoms with Crippen molar-refractivity contribution in [1.29, 1.82) is 0 Å². The summed E-state index contributed by atoms with van der Waals surface area (Å²) in [4.78, 5) is 7.41. The monoisotopic (exact) mass is 434 g/mol. The van der Waals surface area contributed by atoms with Crippen molar-refractivity contribution in [1.82, 2.24) is 14.6 Å². The lowest BCUT2D eigenvalue weighted by atomic mass is 10.1. The summed E-state index contributed by atoms with van der Waals surface area (Å²) < 4.78 is 30.7. The highest BCUT2D eigenvalue weighted by molar-refractivity contribution is 7.90. The van der Waals surface area contributed by atoms with E-state index in [4.69, 9.17) is 9.72 Å².